The third-order valence-electron chi connectivity index (χ3n) is 10.1. The molecule has 0 N–H and O–H groups in total. The lowest BCUT2D eigenvalue weighted by molar-refractivity contribution is 0.0701. The van der Waals surface area contributed by atoms with Crippen LogP contribution in [0.5, 0.6) is 23.0 Å². The molecule has 0 unspecified atom stereocenters. The maximum Gasteiger partial charge on any atom is 0.257 e. The van der Waals surface area contributed by atoms with Gasteiger partial charge >= 0.3 is 0 Å². The quantitative estimate of drug-likeness (QED) is 0.279. The van der Waals surface area contributed by atoms with Crippen molar-refractivity contribution in [1.82, 2.24) is 9.80 Å². The Morgan fingerprint density at radius 3 is 1.92 bits per heavy atom. The molecule has 4 aliphatic heterocycles. The van der Waals surface area contributed by atoms with Gasteiger partial charge in [-0.05, 0) is 54.4 Å². The van der Waals surface area contributed by atoms with Crippen LogP contribution >= 0.6 is 0 Å². The van der Waals surface area contributed by atoms with E-state index in [1.54, 1.807) is 38.5 Å². The molecule has 1 spiro atoms. The molecule has 248 valence electrons. The molecule has 0 bridgehead atoms. The number of fused-ring (bicyclic) bond motifs is 5. The van der Waals surface area contributed by atoms with Crippen LogP contribution in [0.1, 0.15) is 51.1 Å². The molecule has 3 aromatic rings. The predicted molar refractivity (Wildman–Crippen MR) is 179 cm³/mol. The highest BCUT2D eigenvalue weighted by Crippen LogP contribution is 2.55. The summed E-state index contributed by atoms with van der Waals surface area (Å²) in [6.45, 7) is 2.48. The number of aliphatic imine (C=N–C) groups is 2. The molecule has 1 saturated heterocycles. The number of carbonyl (C=O) groups is 2. The summed E-state index contributed by atoms with van der Waals surface area (Å²) in [5, 5.41) is 0. The van der Waals surface area contributed by atoms with Crippen LogP contribution in [0.3, 0.4) is 0 Å². The maximum absolute atomic E-state index is 13.6. The number of nitrogens with zero attached hydrogens (tertiary/aromatic N) is 4. The van der Waals surface area contributed by atoms with E-state index in [4.69, 9.17) is 28.7 Å². The molecule has 2 amide bonds. The average molecular weight is 651 g/mol. The van der Waals surface area contributed by atoms with Crippen LogP contribution in [0.2, 0.25) is 0 Å². The summed E-state index contributed by atoms with van der Waals surface area (Å²) < 4.78 is 29.0. The van der Waals surface area contributed by atoms with E-state index in [0.29, 0.717) is 70.7 Å². The van der Waals surface area contributed by atoms with E-state index in [0.717, 1.165) is 24.9 Å². The zero-order chi connectivity index (χ0) is 32.8. The van der Waals surface area contributed by atoms with E-state index in [1.165, 1.54) is 18.4 Å². The van der Waals surface area contributed by atoms with Crippen LogP contribution in [-0.4, -0.2) is 93.3 Å². The van der Waals surface area contributed by atoms with Crippen molar-refractivity contribution in [2.24, 2.45) is 15.4 Å². The number of benzene rings is 3. The van der Waals surface area contributed by atoms with Crippen molar-refractivity contribution in [1.29, 1.82) is 0 Å². The lowest BCUT2D eigenvalue weighted by Gasteiger charge is -2.34. The van der Waals surface area contributed by atoms with E-state index < -0.39 is 0 Å². The van der Waals surface area contributed by atoms with Crippen molar-refractivity contribution >= 4 is 35.6 Å². The topological polar surface area (TPSA) is 111 Å². The summed E-state index contributed by atoms with van der Waals surface area (Å²) in [4.78, 5) is 40.2. The number of methoxy groups -OCH3 is 2. The Bertz CT molecular complexity index is 1830. The van der Waals surface area contributed by atoms with Gasteiger partial charge in [-0.3, -0.25) is 19.6 Å². The number of amides is 2. The first kappa shape index (κ1) is 30.4. The van der Waals surface area contributed by atoms with Gasteiger partial charge < -0.3 is 33.5 Å². The van der Waals surface area contributed by atoms with Gasteiger partial charge in [0.2, 0.25) is 0 Å². The van der Waals surface area contributed by atoms with Gasteiger partial charge in [0.25, 0.3) is 11.8 Å². The van der Waals surface area contributed by atoms with Crippen LogP contribution in [0.4, 0.5) is 11.4 Å². The van der Waals surface area contributed by atoms with Gasteiger partial charge in [0.05, 0.1) is 62.0 Å². The highest BCUT2D eigenvalue weighted by atomic mass is 16.6. The zero-order valence-corrected chi connectivity index (χ0v) is 27.1. The second kappa shape index (κ2) is 12.3. The highest BCUT2D eigenvalue weighted by Gasteiger charge is 2.53. The minimum absolute atomic E-state index is 0.00394. The third kappa shape index (κ3) is 5.55. The molecule has 1 saturated carbocycles. The Labute approximate surface area is 279 Å². The van der Waals surface area contributed by atoms with E-state index in [2.05, 4.69) is 17.1 Å². The van der Waals surface area contributed by atoms with Gasteiger partial charge in [0, 0.05) is 37.7 Å². The van der Waals surface area contributed by atoms with Crippen LogP contribution in [0.15, 0.2) is 58.5 Å². The highest BCUT2D eigenvalue weighted by molar-refractivity contribution is 6.04. The van der Waals surface area contributed by atoms with Crippen LogP contribution < -0.4 is 18.9 Å². The Hall–Kier alpha value is -4.90. The number of hydrogen-bond acceptors (Lipinski definition) is 9. The van der Waals surface area contributed by atoms with Gasteiger partial charge in [-0.15, -0.1) is 0 Å². The molecule has 48 heavy (non-hydrogen) atoms. The number of carbonyl (C=O) groups excluding carboxylic acids is 2. The minimum atomic E-state index is -0.112. The van der Waals surface area contributed by atoms with Crippen molar-refractivity contribution in [2.45, 2.75) is 44.3 Å². The number of ether oxygens (including phenoxy) is 5. The lowest BCUT2D eigenvalue weighted by atomic mass is 9.94. The molecular weight excluding hydrogens is 612 g/mol. The summed E-state index contributed by atoms with van der Waals surface area (Å²) in [5.41, 5.74) is 4.86. The van der Waals surface area contributed by atoms with Crippen LogP contribution in [-0.2, 0) is 17.7 Å². The molecule has 4 heterocycles. The van der Waals surface area contributed by atoms with E-state index in [1.807, 2.05) is 34.4 Å². The fourth-order valence-electron chi connectivity index (χ4n) is 7.26. The monoisotopic (exact) mass is 650 g/mol. The van der Waals surface area contributed by atoms with E-state index in [9.17, 15) is 9.59 Å². The fraction of sp³-hybridized carbons (Fsp3) is 0.405. The standard InChI is InChI=1S/C37H38N4O7/c1-44-31-14-27-29(38-19-25-13-23-5-3-4-6-24(23)21-40(25)35(27)42)16-33(31)47-11-9-46-10-12-48-34-17-30-28(15-32(34)45-2)36(43)41-22-37(7-8-37)18-26(41)20-39-30/h3-6,14-17,19-20,25-26H,7-13,18,21-22H2,1-2H3/t25-,26-/m0/s1. The van der Waals surface area contributed by atoms with Gasteiger partial charge in [0.15, 0.2) is 23.0 Å². The van der Waals surface area contributed by atoms with Crippen molar-refractivity contribution < 1.29 is 33.3 Å². The Morgan fingerprint density at radius 1 is 0.729 bits per heavy atom. The van der Waals surface area contributed by atoms with Gasteiger partial charge in [-0.2, -0.15) is 0 Å². The van der Waals surface area contributed by atoms with Crippen molar-refractivity contribution in [2.75, 3.05) is 47.2 Å². The maximum atomic E-state index is 13.6. The molecule has 3 aromatic carbocycles. The predicted octanol–water partition coefficient (Wildman–Crippen LogP) is 5.17. The first-order chi connectivity index (χ1) is 23.4. The van der Waals surface area contributed by atoms with E-state index >= 15 is 0 Å². The number of rotatable bonds is 10. The lowest BCUT2D eigenvalue weighted by Crippen LogP contribution is -2.44. The smallest absolute Gasteiger partial charge is 0.257 e. The first-order valence-electron chi connectivity index (χ1n) is 16.5. The second-order valence-corrected chi connectivity index (χ2v) is 13.1. The zero-order valence-electron chi connectivity index (χ0n) is 27.1. The minimum Gasteiger partial charge on any atom is -0.493 e. The second-order valence-electron chi connectivity index (χ2n) is 13.1. The fourth-order valence-corrected chi connectivity index (χ4v) is 7.26. The van der Waals surface area contributed by atoms with Crippen LogP contribution in [0.25, 0.3) is 0 Å². The van der Waals surface area contributed by atoms with Crippen molar-refractivity contribution in [3.05, 3.63) is 70.8 Å². The van der Waals surface area contributed by atoms with Crippen molar-refractivity contribution in [3.63, 3.8) is 0 Å². The number of hydrogen-bond donors (Lipinski definition) is 0. The molecule has 0 aromatic heterocycles. The summed E-state index contributed by atoms with van der Waals surface area (Å²) in [5.74, 6) is 1.85. The molecule has 5 aliphatic rings. The van der Waals surface area contributed by atoms with Crippen LogP contribution in [0, 0.1) is 5.41 Å². The summed E-state index contributed by atoms with van der Waals surface area (Å²) in [7, 11) is 3.11. The molecule has 2 atom stereocenters. The summed E-state index contributed by atoms with van der Waals surface area (Å²) >= 11 is 0. The molecule has 8 rings (SSSR count). The van der Waals surface area contributed by atoms with E-state index in [-0.39, 0.29) is 37.1 Å². The largest absolute Gasteiger partial charge is 0.493 e. The molecule has 1 aliphatic carbocycles. The molecular formula is C37H38N4O7. The molecule has 11 heteroatoms. The Morgan fingerprint density at radius 2 is 1.31 bits per heavy atom. The average Bonchev–Trinajstić information content (AvgIpc) is 3.82. The normalized spacial score (nSPS) is 21.0. The molecule has 11 nitrogen and oxygen atoms in total. The Kier molecular flexibility index (Phi) is 7.79. The third-order valence-corrected chi connectivity index (χ3v) is 10.1. The first-order valence-corrected chi connectivity index (χ1v) is 16.5. The molecule has 2 fully saturated rings. The van der Waals surface area contributed by atoms with Gasteiger partial charge in [0.1, 0.15) is 13.2 Å². The van der Waals surface area contributed by atoms with Gasteiger partial charge in [-0.25, -0.2) is 0 Å². The van der Waals surface area contributed by atoms with Gasteiger partial charge in [-0.1, -0.05) is 24.3 Å². The SMILES string of the molecule is COc1cc2c(cc1OCCOCCOc1cc3c(cc1OC)C(=O)N1CC4(CC4)C[C@H]1C=N3)N=C[C@@H]1Cc3ccccc3CN1C2=O. The summed E-state index contributed by atoms with van der Waals surface area (Å²) in [6, 6.07) is 15.1. The Balaban J connectivity index is 0.858. The summed E-state index contributed by atoms with van der Waals surface area (Å²) in [6.07, 6.45) is 7.85. The van der Waals surface area contributed by atoms with Crippen molar-refractivity contribution in [3.8, 4) is 23.0 Å². The molecule has 0 radical (unpaired) electrons.